The predicted molar refractivity (Wildman–Crippen MR) is 75.0 cm³/mol. The van der Waals surface area contributed by atoms with Crippen molar-refractivity contribution in [3.63, 3.8) is 0 Å². The fraction of sp³-hybridized carbons (Fsp3) is 0.846. The largest absolute Gasteiger partial charge is 0.478 e. The molecule has 0 aromatic carbocycles. The Morgan fingerprint density at radius 3 is 2.75 bits per heavy atom. The van der Waals surface area contributed by atoms with E-state index in [-0.39, 0.29) is 29.8 Å². The zero-order valence-corrected chi connectivity index (χ0v) is 11.9. The maximum Gasteiger partial charge on any atom is 0.478 e. The first-order valence-electron chi connectivity index (χ1n) is 7.43. The summed E-state index contributed by atoms with van der Waals surface area (Å²) in [5, 5.41) is 16.0. The lowest BCUT2D eigenvalue weighted by Gasteiger charge is -2.32. The Morgan fingerprint density at radius 2 is 2.15 bits per heavy atom. The van der Waals surface area contributed by atoms with Crippen LogP contribution in [0.5, 0.6) is 0 Å². The summed E-state index contributed by atoms with van der Waals surface area (Å²) in [6.45, 7) is 2.38. The van der Waals surface area contributed by atoms with E-state index in [1.165, 1.54) is 6.92 Å². The maximum atomic E-state index is 12.1. The van der Waals surface area contributed by atoms with Crippen LogP contribution in [0.2, 0.25) is 0 Å². The highest BCUT2D eigenvalue weighted by molar-refractivity contribution is 6.45. The van der Waals surface area contributed by atoms with Gasteiger partial charge in [-0.15, -0.1) is 0 Å². The summed E-state index contributed by atoms with van der Waals surface area (Å²) in [5.41, 5.74) is 0. The second-order valence-corrected chi connectivity index (χ2v) is 5.75. The van der Waals surface area contributed by atoms with E-state index in [1.807, 2.05) is 0 Å². The second-order valence-electron chi connectivity index (χ2n) is 5.75. The van der Waals surface area contributed by atoms with Crippen LogP contribution in [-0.4, -0.2) is 48.5 Å². The summed E-state index contributed by atoms with van der Waals surface area (Å²) < 4.78 is 5.40. The van der Waals surface area contributed by atoms with Gasteiger partial charge in [-0.05, 0) is 39.2 Å². The lowest BCUT2D eigenvalue weighted by atomic mass is 9.72. The van der Waals surface area contributed by atoms with Crippen molar-refractivity contribution >= 4 is 18.8 Å². The minimum atomic E-state index is -1.03. The van der Waals surface area contributed by atoms with Crippen molar-refractivity contribution in [2.45, 2.75) is 63.5 Å². The van der Waals surface area contributed by atoms with Gasteiger partial charge in [-0.3, -0.25) is 9.59 Å². The van der Waals surface area contributed by atoms with E-state index in [9.17, 15) is 14.6 Å². The molecule has 0 aromatic heterocycles. The van der Waals surface area contributed by atoms with E-state index in [4.69, 9.17) is 4.65 Å². The molecule has 1 unspecified atom stereocenters. The van der Waals surface area contributed by atoms with Crippen molar-refractivity contribution in [1.29, 1.82) is 0 Å². The molecule has 2 heterocycles. The monoisotopic (exact) mass is 282 g/mol. The van der Waals surface area contributed by atoms with Crippen molar-refractivity contribution in [2.75, 3.05) is 6.54 Å². The van der Waals surface area contributed by atoms with Gasteiger partial charge in [0.15, 0.2) is 0 Å². The van der Waals surface area contributed by atoms with Crippen LogP contribution < -0.4 is 10.6 Å². The number of hydrogen-bond donors (Lipinski definition) is 3. The highest BCUT2D eigenvalue weighted by atomic mass is 16.5. The van der Waals surface area contributed by atoms with Crippen LogP contribution in [0.1, 0.15) is 45.4 Å². The zero-order chi connectivity index (χ0) is 14.5. The third kappa shape index (κ3) is 4.29. The first-order valence-corrected chi connectivity index (χ1v) is 7.43. The minimum Gasteiger partial charge on any atom is -0.426 e. The van der Waals surface area contributed by atoms with Crippen molar-refractivity contribution in [2.24, 2.45) is 0 Å². The normalized spacial score (nSPS) is 30.9. The number of hydrogen-bond acceptors (Lipinski definition) is 5. The molecule has 0 bridgehead atoms. The third-order valence-corrected chi connectivity index (χ3v) is 3.95. The van der Waals surface area contributed by atoms with E-state index in [2.05, 4.69) is 10.6 Å². The van der Waals surface area contributed by atoms with Crippen molar-refractivity contribution in [3.8, 4) is 0 Å². The van der Waals surface area contributed by atoms with E-state index in [1.54, 1.807) is 0 Å². The molecule has 2 fully saturated rings. The molecule has 112 valence electrons. The highest BCUT2D eigenvalue weighted by Gasteiger charge is 2.37. The van der Waals surface area contributed by atoms with Gasteiger partial charge >= 0.3 is 7.12 Å². The Bertz CT molecular complexity index is 360. The van der Waals surface area contributed by atoms with Crippen LogP contribution in [0.3, 0.4) is 0 Å². The first-order chi connectivity index (χ1) is 9.56. The van der Waals surface area contributed by atoms with Gasteiger partial charge in [-0.2, -0.15) is 0 Å². The molecule has 2 aliphatic heterocycles. The number of Topliss-reactive ketones (excluding diaryl/α,β-unsaturated/α-hetero) is 1. The second kappa shape index (κ2) is 7.20. The van der Waals surface area contributed by atoms with Gasteiger partial charge in [0.05, 0.1) is 12.0 Å². The fourth-order valence-corrected chi connectivity index (χ4v) is 2.84. The Labute approximate surface area is 119 Å². The van der Waals surface area contributed by atoms with Crippen molar-refractivity contribution in [1.82, 2.24) is 10.6 Å². The summed E-state index contributed by atoms with van der Waals surface area (Å²) in [4.78, 5) is 23.1. The van der Waals surface area contributed by atoms with E-state index in [0.717, 1.165) is 25.8 Å². The smallest absolute Gasteiger partial charge is 0.426 e. The van der Waals surface area contributed by atoms with Gasteiger partial charge in [-0.25, -0.2) is 0 Å². The highest BCUT2D eigenvalue weighted by Crippen LogP contribution is 2.19. The molecule has 1 amide bonds. The Morgan fingerprint density at radius 1 is 1.35 bits per heavy atom. The third-order valence-electron chi connectivity index (χ3n) is 3.95. The average Bonchev–Trinajstić information content (AvgIpc) is 2.42. The van der Waals surface area contributed by atoms with Gasteiger partial charge in [-0.1, -0.05) is 6.42 Å². The summed E-state index contributed by atoms with van der Waals surface area (Å²) in [6.07, 6.45) is 4.39. The van der Waals surface area contributed by atoms with Crippen molar-refractivity contribution < 1.29 is 19.3 Å². The van der Waals surface area contributed by atoms with Gasteiger partial charge in [0.25, 0.3) is 0 Å². The standard InChI is InChI=1S/C13H23BN2O4/c1-9(17)8-10-5-6-12(14(19)20-10)16-13(18)11-4-2-3-7-15-11/h10-12,15,19H,2-8H2,1H3,(H,16,18)/t10-,11?,12-/m0/s1. The Hall–Kier alpha value is -0.915. The number of amides is 1. The molecule has 2 saturated heterocycles. The number of ketones is 1. The molecule has 6 nitrogen and oxygen atoms in total. The van der Waals surface area contributed by atoms with Crippen molar-refractivity contribution in [3.05, 3.63) is 0 Å². The van der Waals surface area contributed by atoms with Crippen LogP contribution in [0.4, 0.5) is 0 Å². The van der Waals surface area contributed by atoms with E-state index >= 15 is 0 Å². The molecule has 0 radical (unpaired) electrons. The lowest BCUT2D eigenvalue weighted by Crippen LogP contribution is -2.57. The molecule has 2 aliphatic rings. The number of nitrogens with one attached hydrogen (secondary N) is 2. The number of carbonyl (C=O) groups excluding carboxylic acids is 2. The molecule has 3 N–H and O–H groups in total. The minimum absolute atomic E-state index is 0.0519. The van der Waals surface area contributed by atoms with Crippen LogP contribution in [0, 0.1) is 0 Å². The molecule has 0 aromatic rings. The van der Waals surface area contributed by atoms with Gasteiger partial charge in [0.1, 0.15) is 5.78 Å². The lowest BCUT2D eigenvalue weighted by molar-refractivity contribution is -0.125. The van der Waals surface area contributed by atoms with Crippen LogP contribution in [0.15, 0.2) is 0 Å². The van der Waals surface area contributed by atoms with Gasteiger partial charge in [0, 0.05) is 12.5 Å². The summed E-state index contributed by atoms with van der Waals surface area (Å²) in [7, 11) is -1.03. The first kappa shape index (κ1) is 15.5. The Balaban J connectivity index is 1.79. The van der Waals surface area contributed by atoms with Gasteiger partial charge in [0.2, 0.25) is 5.91 Å². The number of rotatable bonds is 4. The average molecular weight is 282 g/mol. The Kier molecular flexibility index (Phi) is 5.57. The molecule has 20 heavy (non-hydrogen) atoms. The molecule has 2 rings (SSSR count). The molecule has 0 spiro atoms. The SMILES string of the molecule is CC(=O)C[C@@H]1CC[C@H](NC(=O)C2CCCCN2)B(O)O1. The number of carbonyl (C=O) groups is 2. The van der Waals surface area contributed by atoms with E-state index < -0.39 is 7.12 Å². The predicted octanol–water partition coefficient (Wildman–Crippen LogP) is -0.209. The van der Waals surface area contributed by atoms with Gasteiger partial charge < -0.3 is 20.3 Å². The number of piperidine rings is 1. The topological polar surface area (TPSA) is 87.7 Å². The molecule has 7 heteroatoms. The quantitative estimate of drug-likeness (QED) is 0.621. The fourth-order valence-electron chi connectivity index (χ4n) is 2.84. The molecule has 0 saturated carbocycles. The molecular weight excluding hydrogens is 259 g/mol. The molecule has 0 aliphatic carbocycles. The summed E-state index contributed by atoms with van der Waals surface area (Å²) in [6, 6.07) is -0.161. The molecular formula is C13H23BN2O4. The van der Waals surface area contributed by atoms with Crippen LogP contribution >= 0.6 is 0 Å². The van der Waals surface area contributed by atoms with Crippen LogP contribution in [0.25, 0.3) is 0 Å². The maximum absolute atomic E-state index is 12.1. The zero-order valence-electron chi connectivity index (χ0n) is 11.9. The summed E-state index contributed by atoms with van der Waals surface area (Å²) in [5.74, 6) is -0.395. The molecule has 3 atom stereocenters. The van der Waals surface area contributed by atoms with Crippen LogP contribution in [-0.2, 0) is 14.2 Å². The summed E-state index contributed by atoms with van der Waals surface area (Å²) >= 11 is 0. The van der Waals surface area contributed by atoms with E-state index in [0.29, 0.717) is 19.3 Å².